The molecule has 2 atom stereocenters. The second kappa shape index (κ2) is 6.69. The van der Waals surface area contributed by atoms with Crippen LogP contribution in [0.4, 0.5) is 13.2 Å². The van der Waals surface area contributed by atoms with Crippen molar-refractivity contribution in [3.8, 4) is 0 Å². The van der Waals surface area contributed by atoms with Crippen LogP contribution in [0.2, 0.25) is 0 Å². The van der Waals surface area contributed by atoms with Crippen molar-refractivity contribution in [3.63, 3.8) is 0 Å². The van der Waals surface area contributed by atoms with Gasteiger partial charge in [0.05, 0.1) is 18.1 Å². The molecule has 0 fully saturated rings. The van der Waals surface area contributed by atoms with Crippen LogP contribution in [-0.4, -0.2) is 23.3 Å². The fraction of sp³-hybridized carbons (Fsp3) is 0.562. The minimum Gasteiger partial charge on any atom is -0.460 e. The van der Waals surface area contributed by atoms with E-state index in [2.05, 4.69) is 0 Å². The number of ether oxygens (including phenoxy) is 1. The maximum absolute atomic E-state index is 12.5. The van der Waals surface area contributed by atoms with Crippen LogP contribution in [0, 0.1) is 5.92 Å². The summed E-state index contributed by atoms with van der Waals surface area (Å²) in [5, 5.41) is 9.43. The summed E-state index contributed by atoms with van der Waals surface area (Å²) in [7, 11) is 0. The van der Waals surface area contributed by atoms with Crippen molar-refractivity contribution >= 4 is 5.97 Å². The molecular formula is C16H21F3O3. The van der Waals surface area contributed by atoms with Gasteiger partial charge in [0.15, 0.2) is 0 Å². The molecule has 0 heterocycles. The van der Waals surface area contributed by atoms with E-state index < -0.39 is 41.8 Å². The molecule has 0 saturated heterocycles. The fourth-order valence-electron chi connectivity index (χ4n) is 2.02. The number of carbonyl (C=O) groups is 1. The molecule has 0 aliphatic rings. The molecule has 1 rings (SSSR count). The van der Waals surface area contributed by atoms with E-state index in [0.29, 0.717) is 5.56 Å². The van der Waals surface area contributed by atoms with Crippen LogP contribution in [0.5, 0.6) is 0 Å². The Morgan fingerprint density at radius 3 is 2.05 bits per heavy atom. The number of hydrogen-bond acceptors (Lipinski definition) is 3. The molecule has 1 aromatic carbocycles. The summed E-state index contributed by atoms with van der Waals surface area (Å²) in [5.41, 5.74) is -0.899. The van der Waals surface area contributed by atoms with Crippen molar-refractivity contribution in [3.05, 3.63) is 35.4 Å². The first-order valence-corrected chi connectivity index (χ1v) is 6.96. The molecule has 0 saturated carbocycles. The van der Waals surface area contributed by atoms with Gasteiger partial charge in [-0.05, 0) is 44.4 Å². The van der Waals surface area contributed by atoms with E-state index >= 15 is 0 Å². The van der Waals surface area contributed by atoms with Gasteiger partial charge in [-0.1, -0.05) is 19.1 Å². The third-order valence-corrected chi connectivity index (χ3v) is 3.27. The minimum absolute atomic E-state index is 0.433. The van der Waals surface area contributed by atoms with Crippen molar-refractivity contribution < 1.29 is 27.8 Å². The van der Waals surface area contributed by atoms with Crippen LogP contribution >= 0.6 is 0 Å². The van der Waals surface area contributed by atoms with E-state index in [4.69, 9.17) is 4.74 Å². The van der Waals surface area contributed by atoms with Gasteiger partial charge in [-0.25, -0.2) is 0 Å². The lowest BCUT2D eigenvalue weighted by Gasteiger charge is -2.26. The Morgan fingerprint density at radius 1 is 1.18 bits per heavy atom. The molecular weight excluding hydrogens is 297 g/mol. The van der Waals surface area contributed by atoms with Gasteiger partial charge < -0.3 is 9.84 Å². The van der Waals surface area contributed by atoms with Crippen LogP contribution in [0.3, 0.4) is 0 Å². The maximum atomic E-state index is 12.5. The van der Waals surface area contributed by atoms with Gasteiger partial charge in [0.25, 0.3) is 0 Å². The summed E-state index contributed by atoms with van der Waals surface area (Å²) >= 11 is 0. The van der Waals surface area contributed by atoms with E-state index in [9.17, 15) is 23.1 Å². The van der Waals surface area contributed by atoms with Gasteiger partial charge in [-0.15, -0.1) is 0 Å². The number of aliphatic hydroxyl groups excluding tert-OH is 1. The van der Waals surface area contributed by atoms with E-state index in [0.717, 1.165) is 12.1 Å². The molecule has 0 radical (unpaired) electrons. The Labute approximate surface area is 128 Å². The van der Waals surface area contributed by atoms with Crippen molar-refractivity contribution in [2.24, 2.45) is 5.92 Å². The number of halogens is 3. The second-order valence-electron chi connectivity index (χ2n) is 6.23. The third kappa shape index (κ3) is 5.02. The topological polar surface area (TPSA) is 46.5 Å². The molecule has 0 aliphatic carbocycles. The molecule has 0 amide bonds. The van der Waals surface area contributed by atoms with Crippen LogP contribution in [0.1, 0.15) is 44.7 Å². The standard InChI is InChI=1S/C16H21F3O3/c1-10(13(9-20)14(21)22-15(2,3)4)11-5-7-12(8-6-11)16(17,18)19/h5-8,10,13,20H,9H2,1-4H3/t10-,13-/m1/s1. The van der Waals surface area contributed by atoms with Crippen molar-refractivity contribution in [1.82, 2.24) is 0 Å². The van der Waals surface area contributed by atoms with Crippen molar-refractivity contribution in [2.45, 2.75) is 45.4 Å². The highest BCUT2D eigenvalue weighted by Crippen LogP contribution is 2.32. The molecule has 0 bridgehead atoms. The smallest absolute Gasteiger partial charge is 0.416 e. The van der Waals surface area contributed by atoms with Crippen molar-refractivity contribution in [1.29, 1.82) is 0 Å². The number of aliphatic hydroxyl groups is 1. The lowest BCUT2D eigenvalue weighted by Crippen LogP contribution is -2.33. The van der Waals surface area contributed by atoms with Gasteiger partial charge in [-0.2, -0.15) is 13.2 Å². The first kappa shape index (κ1) is 18.5. The molecule has 0 aromatic heterocycles. The summed E-state index contributed by atoms with van der Waals surface area (Å²) < 4.78 is 42.9. The minimum atomic E-state index is -4.40. The lowest BCUT2D eigenvalue weighted by molar-refractivity contribution is -0.162. The van der Waals surface area contributed by atoms with Crippen LogP contribution in [-0.2, 0) is 15.7 Å². The Balaban J connectivity index is 2.92. The van der Waals surface area contributed by atoms with Gasteiger partial charge in [-0.3, -0.25) is 4.79 Å². The highest BCUT2D eigenvalue weighted by molar-refractivity contribution is 5.74. The summed E-state index contributed by atoms with van der Waals surface area (Å²) in [6.45, 7) is 6.37. The molecule has 22 heavy (non-hydrogen) atoms. The molecule has 1 N–H and O–H groups in total. The SMILES string of the molecule is C[C@H](c1ccc(C(F)(F)F)cc1)[C@@H](CO)C(=O)OC(C)(C)C. The van der Waals surface area contributed by atoms with E-state index in [-0.39, 0.29) is 0 Å². The Morgan fingerprint density at radius 2 is 1.68 bits per heavy atom. The first-order valence-electron chi connectivity index (χ1n) is 6.96. The van der Waals surface area contributed by atoms with Gasteiger partial charge in [0, 0.05) is 0 Å². The van der Waals surface area contributed by atoms with Crippen molar-refractivity contribution in [2.75, 3.05) is 6.61 Å². The molecule has 3 nitrogen and oxygen atoms in total. The summed E-state index contributed by atoms with van der Waals surface area (Å²) in [6.07, 6.45) is -4.40. The van der Waals surface area contributed by atoms with Gasteiger partial charge in [0.2, 0.25) is 0 Å². The van der Waals surface area contributed by atoms with E-state index in [1.807, 2.05) is 0 Å². The Hall–Kier alpha value is -1.56. The number of benzene rings is 1. The summed E-state index contributed by atoms with van der Waals surface area (Å²) in [5.74, 6) is -1.85. The predicted octanol–water partition coefficient (Wildman–Crippen LogP) is 3.76. The van der Waals surface area contributed by atoms with E-state index in [1.54, 1.807) is 27.7 Å². The highest BCUT2D eigenvalue weighted by Gasteiger charge is 2.32. The van der Waals surface area contributed by atoms with E-state index in [1.165, 1.54) is 12.1 Å². The number of esters is 1. The molecule has 1 aromatic rings. The Kier molecular flexibility index (Phi) is 5.62. The number of alkyl halides is 3. The first-order chi connectivity index (χ1) is 9.95. The number of hydrogen-bond donors (Lipinski definition) is 1. The van der Waals surface area contributed by atoms with Crippen LogP contribution < -0.4 is 0 Å². The Bertz CT molecular complexity index is 501. The zero-order valence-corrected chi connectivity index (χ0v) is 13.1. The maximum Gasteiger partial charge on any atom is 0.416 e. The number of carbonyl (C=O) groups excluding carboxylic acids is 1. The largest absolute Gasteiger partial charge is 0.460 e. The average Bonchev–Trinajstić information content (AvgIpc) is 2.36. The molecule has 6 heteroatoms. The van der Waals surface area contributed by atoms with Crippen LogP contribution in [0.25, 0.3) is 0 Å². The van der Waals surface area contributed by atoms with Crippen LogP contribution in [0.15, 0.2) is 24.3 Å². The normalized spacial score (nSPS) is 15.3. The third-order valence-electron chi connectivity index (χ3n) is 3.27. The second-order valence-corrected chi connectivity index (χ2v) is 6.23. The number of rotatable bonds is 4. The zero-order valence-electron chi connectivity index (χ0n) is 13.1. The molecule has 0 unspecified atom stereocenters. The molecule has 124 valence electrons. The fourth-order valence-corrected chi connectivity index (χ4v) is 2.02. The monoisotopic (exact) mass is 318 g/mol. The zero-order chi connectivity index (χ0) is 17.1. The summed E-state index contributed by atoms with van der Waals surface area (Å²) in [6, 6.07) is 4.58. The predicted molar refractivity (Wildman–Crippen MR) is 76.3 cm³/mol. The lowest BCUT2D eigenvalue weighted by atomic mass is 9.87. The molecule has 0 spiro atoms. The average molecular weight is 318 g/mol. The highest BCUT2D eigenvalue weighted by atomic mass is 19.4. The van der Waals surface area contributed by atoms with Gasteiger partial charge in [0.1, 0.15) is 5.60 Å². The summed E-state index contributed by atoms with van der Waals surface area (Å²) in [4.78, 5) is 12.1. The van der Waals surface area contributed by atoms with Gasteiger partial charge >= 0.3 is 12.1 Å². The quantitative estimate of drug-likeness (QED) is 0.860. The molecule has 0 aliphatic heterocycles.